The number of hydrogen-bond donors (Lipinski definition) is 2. The molecule has 1 atom stereocenters. The molecule has 0 aromatic rings. The fourth-order valence-corrected chi connectivity index (χ4v) is 1.87. The maximum absolute atomic E-state index is 11.6. The average Bonchev–Trinajstić information content (AvgIpc) is 2.37. The first kappa shape index (κ1) is 17.4. The Balaban J connectivity index is 3.35. The summed E-state index contributed by atoms with van der Waals surface area (Å²) >= 11 is 0. The van der Waals surface area contributed by atoms with Crippen LogP contribution < -0.4 is 16.8 Å². The van der Waals surface area contributed by atoms with Crippen LogP contribution in [0, 0.1) is 0 Å². The van der Waals surface area contributed by atoms with Crippen molar-refractivity contribution in [2.75, 3.05) is 13.1 Å². The maximum atomic E-state index is 11.6. The monoisotopic (exact) mass is 256 g/mol. The van der Waals surface area contributed by atoms with E-state index in [4.69, 9.17) is 11.5 Å². The van der Waals surface area contributed by atoms with E-state index in [0.717, 1.165) is 25.8 Å². The van der Waals surface area contributed by atoms with Gasteiger partial charge < -0.3 is 11.1 Å². The molecule has 0 saturated carbocycles. The van der Waals surface area contributed by atoms with Crippen LogP contribution >= 0.6 is 0 Å². The number of carbonyl (C=O) groups excluding carboxylic acids is 1. The summed E-state index contributed by atoms with van der Waals surface area (Å²) in [5.74, 6) is -0.0338. The van der Waals surface area contributed by atoms with Gasteiger partial charge in [-0.2, -0.15) is 0 Å². The largest absolute Gasteiger partial charge is 0.355 e. The van der Waals surface area contributed by atoms with Crippen molar-refractivity contribution in [3.8, 4) is 0 Å². The minimum Gasteiger partial charge on any atom is -0.355 e. The zero-order valence-electron chi connectivity index (χ0n) is 11.8. The lowest BCUT2D eigenvalue weighted by Gasteiger charge is -2.11. The molecule has 0 aromatic carbocycles. The van der Waals surface area contributed by atoms with Crippen LogP contribution in [-0.4, -0.2) is 25.0 Å². The van der Waals surface area contributed by atoms with E-state index in [9.17, 15) is 4.79 Å². The molecule has 0 aliphatic heterocycles. The summed E-state index contributed by atoms with van der Waals surface area (Å²) in [7, 11) is 0. The Labute approximate surface area is 112 Å². The van der Waals surface area contributed by atoms with E-state index in [-0.39, 0.29) is 5.91 Å². The van der Waals surface area contributed by atoms with Crippen LogP contribution in [-0.2, 0) is 4.79 Å². The molecule has 1 amide bonds. The second-order valence-electron chi connectivity index (χ2n) is 4.91. The number of rotatable bonds is 12. The van der Waals surface area contributed by atoms with E-state index < -0.39 is 6.04 Å². The topological polar surface area (TPSA) is 78.9 Å². The van der Waals surface area contributed by atoms with Gasteiger partial charge in [0.15, 0.2) is 0 Å². The molecule has 0 heterocycles. The molecule has 0 aliphatic carbocycles. The number of carbonyl (C=O) groups is 1. The molecule has 0 aliphatic rings. The molecule has 0 spiro atoms. The Hall–Kier alpha value is -0.610. The van der Waals surface area contributed by atoms with Crippen molar-refractivity contribution < 1.29 is 4.79 Å². The van der Waals surface area contributed by atoms with Gasteiger partial charge in [0.25, 0.3) is 0 Å². The van der Waals surface area contributed by atoms with Crippen LogP contribution in [0.3, 0.4) is 0 Å². The highest BCUT2D eigenvalue weighted by Gasteiger charge is 2.11. The van der Waals surface area contributed by atoms with E-state index in [1.807, 2.05) is 0 Å². The highest BCUT2D eigenvalue weighted by Crippen LogP contribution is 2.04. The third-order valence-corrected chi connectivity index (χ3v) is 3.11. The molecule has 4 heteroatoms. The van der Waals surface area contributed by atoms with Crippen LogP contribution in [0.4, 0.5) is 0 Å². The first-order valence-corrected chi connectivity index (χ1v) is 7.40. The molecule has 1 radical (unpaired) electrons. The van der Waals surface area contributed by atoms with Gasteiger partial charge in [0.05, 0.1) is 6.04 Å². The van der Waals surface area contributed by atoms with Gasteiger partial charge in [-0.1, -0.05) is 45.4 Å². The second-order valence-corrected chi connectivity index (χ2v) is 4.91. The summed E-state index contributed by atoms with van der Waals surface area (Å²) in [6, 6.07) is -0.392. The minimum atomic E-state index is -0.392. The molecular formula is C14H30N3O. The Morgan fingerprint density at radius 1 is 1.11 bits per heavy atom. The highest BCUT2D eigenvalue weighted by molar-refractivity contribution is 5.81. The van der Waals surface area contributed by atoms with Gasteiger partial charge >= 0.3 is 0 Å². The molecule has 0 aromatic heterocycles. The standard InChI is InChI=1S/C14H30N3O/c1-2-3-4-5-6-9-12-17-14(18)13(16)10-7-8-11-15/h13,15H,2-12,16H2,1H3,(H,17,18). The van der Waals surface area contributed by atoms with E-state index in [1.165, 1.54) is 32.1 Å². The molecule has 107 valence electrons. The van der Waals surface area contributed by atoms with Crippen molar-refractivity contribution in [1.82, 2.24) is 11.1 Å². The van der Waals surface area contributed by atoms with Crippen molar-refractivity contribution in [3.05, 3.63) is 0 Å². The molecule has 18 heavy (non-hydrogen) atoms. The Morgan fingerprint density at radius 3 is 2.44 bits per heavy atom. The Morgan fingerprint density at radius 2 is 1.78 bits per heavy atom. The third kappa shape index (κ3) is 10.5. The molecule has 0 saturated heterocycles. The van der Waals surface area contributed by atoms with Crippen molar-refractivity contribution in [3.63, 3.8) is 0 Å². The normalized spacial score (nSPS) is 12.4. The van der Waals surface area contributed by atoms with Gasteiger partial charge in [-0.05, 0) is 19.3 Å². The molecule has 0 bridgehead atoms. The maximum Gasteiger partial charge on any atom is 0.236 e. The van der Waals surface area contributed by atoms with Crippen molar-refractivity contribution in [2.24, 2.45) is 5.73 Å². The van der Waals surface area contributed by atoms with Crippen molar-refractivity contribution in [1.29, 1.82) is 0 Å². The fourth-order valence-electron chi connectivity index (χ4n) is 1.87. The van der Waals surface area contributed by atoms with E-state index in [0.29, 0.717) is 13.0 Å². The van der Waals surface area contributed by atoms with Crippen LogP contribution in [0.25, 0.3) is 0 Å². The van der Waals surface area contributed by atoms with Gasteiger partial charge in [0.1, 0.15) is 0 Å². The van der Waals surface area contributed by atoms with Gasteiger partial charge in [-0.25, -0.2) is 0 Å². The lowest BCUT2D eigenvalue weighted by molar-refractivity contribution is -0.122. The summed E-state index contributed by atoms with van der Waals surface area (Å²) < 4.78 is 0. The summed E-state index contributed by atoms with van der Waals surface area (Å²) in [6.07, 6.45) is 9.78. The smallest absolute Gasteiger partial charge is 0.236 e. The van der Waals surface area contributed by atoms with Crippen molar-refractivity contribution >= 4 is 5.91 Å². The predicted molar refractivity (Wildman–Crippen MR) is 76.2 cm³/mol. The molecule has 1 unspecified atom stereocenters. The SMILES string of the molecule is CCCCCCCCNC(=O)C(N)CCCC[NH]. The van der Waals surface area contributed by atoms with Crippen LogP contribution in [0.5, 0.6) is 0 Å². The van der Waals surface area contributed by atoms with Gasteiger partial charge in [-0.15, -0.1) is 0 Å². The number of nitrogens with one attached hydrogen (secondary N) is 2. The zero-order valence-corrected chi connectivity index (χ0v) is 11.8. The zero-order chi connectivity index (χ0) is 13.6. The molecule has 4 N–H and O–H groups in total. The first-order chi connectivity index (χ1) is 8.72. The summed E-state index contributed by atoms with van der Waals surface area (Å²) in [4.78, 5) is 11.6. The Bertz CT molecular complexity index is 197. The predicted octanol–water partition coefficient (Wildman–Crippen LogP) is 2.24. The molecular weight excluding hydrogens is 226 g/mol. The number of amides is 1. The first-order valence-electron chi connectivity index (χ1n) is 7.40. The summed E-state index contributed by atoms with van der Waals surface area (Å²) in [5.41, 5.74) is 12.8. The van der Waals surface area contributed by atoms with Gasteiger partial charge in [0.2, 0.25) is 5.91 Å². The van der Waals surface area contributed by atoms with E-state index in [1.54, 1.807) is 0 Å². The Kier molecular flexibility index (Phi) is 12.4. The number of hydrogen-bond acceptors (Lipinski definition) is 2. The lowest BCUT2D eigenvalue weighted by atomic mass is 10.1. The molecule has 4 nitrogen and oxygen atoms in total. The van der Waals surface area contributed by atoms with Gasteiger partial charge in [0, 0.05) is 13.1 Å². The van der Waals surface area contributed by atoms with Crippen molar-refractivity contribution in [2.45, 2.75) is 70.8 Å². The second kappa shape index (κ2) is 12.8. The minimum absolute atomic E-state index is 0.0338. The third-order valence-electron chi connectivity index (χ3n) is 3.11. The summed E-state index contributed by atoms with van der Waals surface area (Å²) in [5, 5.41) is 2.89. The molecule has 0 fully saturated rings. The van der Waals surface area contributed by atoms with E-state index in [2.05, 4.69) is 12.2 Å². The summed E-state index contributed by atoms with van der Waals surface area (Å²) in [6.45, 7) is 3.38. The van der Waals surface area contributed by atoms with Crippen LogP contribution in [0.15, 0.2) is 0 Å². The average molecular weight is 256 g/mol. The van der Waals surface area contributed by atoms with Crippen LogP contribution in [0.1, 0.15) is 64.7 Å². The van der Waals surface area contributed by atoms with Crippen LogP contribution in [0.2, 0.25) is 0 Å². The lowest BCUT2D eigenvalue weighted by Crippen LogP contribution is -2.40. The quantitative estimate of drug-likeness (QED) is 0.525. The van der Waals surface area contributed by atoms with Gasteiger partial charge in [-0.3, -0.25) is 10.5 Å². The molecule has 0 rings (SSSR count). The number of unbranched alkanes of at least 4 members (excludes halogenated alkanes) is 6. The fraction of sp³-hybridized carbons (Fsp3) is 0.929. The van der Waals surface area contributed by atoms with E-state index >= 15 is 0 Å². The highest BCUT2D eigenvalue weighted by atomic mass is 16.2. The number of nitrogens with two attached hydrogens (primary N) is 1.